The normalized spacial score (nSPS) is 17.8. The number of anilines is 1. The monoisotopic (exact) mass is 333 g/mol. The molecule has 0 spiro atoms. The van der Waals surface area contributed by atoms with Gasteiger partial charge in [-0.05, 0) is 46.2 Å². The predicted molar refractivity (Wildman–Crippen MR) is 93.7 cm³/mol. The molecule has 1 saturated heterocycles. The van der Waals surface area contributed by atoms with Gasteiger partial charge in [0.2, 0.25) is 5.91 Å². The molecule has 1 aliphatic rings. The minimum absolute atomic E-state index is 0.0131. The van der Waals surface area contributed by atoms with Gasteiger partial charge < -0.3 is 15.4 Å². The number of nitrogens with zero attached hydrogens (tertiary/aromatic N) is 2. The molecule has 2 amide bonds. The first-order valence-corrected chi connectivity index (χ1v) is 8.14. The largest absolute Gasteiger partial charge is 0.444 e. The van der Waals surface area contributed by atoms with Crippen LogP contribution in [0.3, 0.4) is 0 Å². The number of hydrogen-bond donors (Lipinski definition) is 1. The lowest BCUT2D eigenvalue weighted by Crippen LogP contribution is -2.64. The van der Waals surface area contributed by atoms with E-state index in [1.165, 1.54) is 4.90 Å². The van der Waals surface area contributed by atoms with Crippen LogP contribution in [0.4, 0.5) is 10.5 Å². The van der Waals surface area contributed by atoms with Crippen molar-refractivity contribution < 1.29 is 14.3 Å². The van der Waals surface area contributed by atoms with Gasteiger partial charge in [0.25, 0.3) is 0 Å². The third kappa shape index (κ3) is 3.87. The Morgan fingerprint density at radius 2 is 1.92 bits per heavy atom. The van der Waals surface area contributed by atoms with Crippen LogP contribution in [-0.2, 0) is 16.1 Å². The van der Waals surface area contributed by atoms with Crippen molar-refractivity contribution in [2.45, 2.75) is 52.3 Å². The van der Waals surface area contributed by atoms with Crippen LogP contribution in [0.15, 0.2) is 24.3 Å². The van der Waals surface area contributed by atoms with E-state index in [2.05, 4.69) is 0 Å². The second kappa shape index (κ2) is 6.43. The number of amides is 2. The van der Waals surface area contributed by atoms with Crippen LogP contribution in [0.2, 0.25) is 0 Å². The molecule has 1 heterocycles. The summed E-state index contributed by atoms with van der Waals surface area (Å²) in [5.74, 6) is -0.138. The fraction of sp³-hybridized carbons (Fsp3) is 0.556. The van der Waals surface area contributed by atoms with Gasteiger partial charge in [-0.1, -0.05) is 18.2 Å². The van der Waals surface area contributed by atoms with Gasteiger partial charge in [-0.3, -0.25) is 9.69 Å². The van der Waals surface area contributed by atoms with Crippen molar-refractivity contribution in [3.8, 4) is 0 Å². The number of ether oxygens (including phenoxy) is 1. The molecule has 1 fully saturated rings. The Labute approximate surface area is 143 Å². The second-order valence-electron chi connectivity index (χ2n) is 7.69. The molecule has 1 aromatic rings. The maximum atomic E-state index is 12.7. The van der Waals surface area contributed by atoms with Crippen molar-refractivity contribution in [2.24, 2.45) is 5.73 Å². The number of piperazine rings is 1. The van der Waals surface area contributed by atoms with E-state index in [0.29, 0.717) is 13.1 Å². The van der Waals surface area contributed by atoms with Crippen molar-refractivity contribution in [1.82, 2.24) is 4.90 Å². The Hall–Kier alpha value is -2.08. The zero-order chi connectivity index (χ0) is 18.1. The molecule has 2 rings (SSSR count). The van der Waals surface area contributed by atoms with Crippen LogP contribution in [0.1, 0.15) is 40.2 Å². The van der Waals surface area contributed by atoms with E-state index < -0.39 is 17.2 Å². The van der Waals surface area contributed by atoms with Crippen LogP contribution in [0.25, 0.3) is 0 Å². The summed E-state index contributed by atoms with van der Waals surface area (Å²) in [6.07, 6.45) is -0.465. The van der Waals surface area contributed by atoms with Gasteiger partial charge in [-0.25, -0.2) is 4.79 Å². The standard InChI is InChI=1S/C18H27N3O3/c1-17(2,3)24-16(23)21-11-15(22)20(12-18(21,4)5)14-9-7-6-8-13(14)10-19/h6-9H,10-12,19H2,1-5H3. The smallest absolute Gasteiger partial charge is 0.411 e. The number of para-hydroxylation sites is 1. The molecule has 0 saturated carbocycles. The third-order valence-electron chi connectivity index (χ3n) is 3.99. The maximum Gasteiger partial charge on any atom is 0.411 e. The van der Waals surface area contributed by atoms with Gasteiger partial charge in [0, 0.05) is 18.8 Å². The van der Waals surface area contributed by atoms with Gasteiger partial charge >= 0.3 is 6.09 Å². The highest BCUT2D eigenvalue weighted by Gasteiger charge is 2.43. The molecule has 0 radical (unpaired) electrons. The Balaban J connectivity index is 2.26. The third-order valence-corrected chi connectivity index (χ3v) is 3.99. The number of carbonyl (C=O) groups is 2. The SMILES string of the molecule is CC(C)(C)OC(=O)N1CC(=O)N(c2ccccc2CN)CC1(C)C. The van der Waals surface area contributed by atoms with E-state index >= 15 is 0 Å². The Morgan fingerprint density at radius 1 is 1.29 bits per heavy atom. The number of hydrogen-bond acceptors (Lipinski definition) is 4. The highest BCUT2D eigenvalue weighted by molar-refractivity contribution is 5.98. The first-order valence-electron chi connectivity index (χ1n) is 8.14. The Kier molecular flexibility index (Phi) is 4.90. The van der Waals surface area contributed by atoms with E-state index in [0.717, 1.165) is 11.3 Å². The topological polar surface area (TPSA) is 75.9 Å². The molecule has 2 N–H and O–H groups in total. The summed E-state index contributed by atoms with van der Waals surface area (Å²) in [6.45, 7) is 10.0. The summed E-state index contributed by atoms with van der Waals surface area (Å²) in [5, 5.41) is 0. The second-order valence-corrected chi connectivity index (χ2v) is 7.69. The van der Waals surface area contributed by atoms with Crippen LogP contribution < -0.4 is 10.6 Å². The van der Waals surface area contributed by atoms with E-state index in [4.69, 9.17) is 10.5 Å². The van der Waals surface area contributed by atoms with Gasteiger partial charge in [0.15, 0.2) is 0 Å². The highest BCUT2D eigenvalue weighted by Crippen LogP contribution is 2.29. The molecule has 0 bridgehead atoms. The van der Waals surface area contributed by atoms with Crippen LogP contribution >= 0.6 is 0 Å². The van der Waals surface area contributed by atoms with Crippen LogP contribution in [0.5, 0.6) is 0 Å². The van der Waals surface area contributed by atoms with Gasteiger partial charge in [-0.15, -0.1) is 0 Å². The van der Waals surface area contributed by atoms with Gasteiger partial charge in [0.05, 0.1) is 5.54 Å². The maximum absolute atomic E-state index is 12.7. The summed E-state index contributed by atoms with van der Waals surface area (Å²) in [6, 6.07) is 7.59. The fourth-order valence-corrected chi connectivity index (χ4v) is 2.79. The van der Waals surface area contributed by atoms with Gasteiger partial charge in [0.1, 0.15) is 12.1 Å². The van der Waals surface area contributed by atoms with E-state index in [9.17, 15) is 9.59 Å². The first kappa shape index (κ1) is 18.3. The lowest BCUT2D eigenvalue weighted by molar-refractivity contribution is -0.124. The predicted octanol–water partition coefficient (Wildman–Crippen LogP) is 2.51. The Morgan fingerprint density at radius 3 is 2.50 bits per heavy atom. The molecule has 132 valence electrons. The summed E-state index contributed by atoms with van der Waals surface area (Å²) in [4.78, 5) is 28.3. The molecule has 0 atom stereocenters. The minimum atomic E-state index is -0.598. The Bertz CT molecular complexity index is 635. The van der Waals surface area contributed by atoms with E-state index in [1.54, 1.807) is 4.90 Å². The molecule has 0 aliphatic carbocycles. The van der Waals surface area contributed by atoms with Crippen LogP contribution in [0, 0.1) is 0 Å². The molecule has 0 unspecified atom stereocenters. The molecule has 24 heavy (non-hydrogen) atoms. The molecule has 6 nitrogen and oxygen atoms in total. The van der Waals surface area contributed by atoms with Crippen LogP contribution in [-0.4, -0.2) is 41.1 Å². The number of rotatable bonds is 2. The van der Waals surface area contributed by atoms with E-state index in [-0.39, 0.29) is 12.5 Å². The van der Waals surface area contributed by atoms with Crippen molar-refractivity contribution in [3.05, 3.63) is 29.8 Å². The minimum Gasteiger partial charge on any atom is -0.444 e. The van der Waals surface area contributed by atoms with Crippen molar-refractivity contribution in [2.75, 3.05) is 18.0 Å². The average molecular weight is 333 g/mol. The average Bonchev–Trinajstić information content (AvgIpc) is 2.47. The molecular formula is C18H27N3O3. The van der Waals surface area contributed by atoms with Gasteiger partial charge in [-0.2, -0.15) is 0 Å². The number of carbonyl (C=O) groups excluding carboxylic acids is 2. The lowest BCUT2D eigenvalue weighted by Gasteiger charge is -2.46. The molecular weight excluding hydrogens is 306 g/mol. The summed E-state index contributed by atoms with van der Waals surface area (Å²) < 4.78 is 5.44. The summed E-state index contributed by atoms with van der Waals surface area (Å²) in [7, 11) is 0. The van der Waals surface area contributed by atoms with Crippen molar-refractivity contribution in [3.63, 3.8) is 0 Å². The fourth-order valence-electron chi connectivity index (χ4n) is 2.79. The van der Waals surface area contributed by atoms with E-state index in [1.807, 2.05) is 58.9 Å². The first-order chi connectivity index (χ1) is 11.0. The molecule has 6 heteroatoms. The lowest BCUT2D eigenvalue weighted by atomic mass is 9.97. The van der Waals surface area contributed by atoms with Crippen molar-refractivity contribution >= 4 is 17.7 Å². The van der Waals surface area contributed by atoms with Crippen molar-refractivity contribution in [1.29, 1.82) is 0 Å². The number of nitrogens with two attached hydrogens (primary N) is 1. The summed E-state index contributed by atoms with van der Waals surface area (Å²) in [5.41, 5.74) is 6.37. The molecule has 1 aliphatic heterocycles. The molecule has 1 aromatic carbocycles. The number of benzene rings is 1. The molecule has 0 aromatic heterocycles. The summed E-state index contributed by atoms with van der Waals surface area (Å²) >= 11 is 0. The zero-order valence-electron chi connectivity index (χ0n) is 15.1. The highest BCUT2D eigenvalue weighted by atomic mass is 16.6. The zero-order valence-corrected chi connectivity index (χ0v) is 15.1. The quantitative estimate of drug-likeness (QED) is 0.902.